The molecule has 0 bridgehead atoms. The Hall–Kier alpha value is -2.30. The molecule has 1 aliphatic heterocycles. The van der Waals surface area contributed by atoms with Crippen LogP contribution < -0.4 is 10.1 Å². The van der Waals surface area contributed by atoms with Gasteiger partial charge in [0.1, 0.15) is 12.4 Å². The van der Waals surface area contributed by atoms with Gasteiger partial charge in [-0.25, -0.2) is 4.79 Å². The van der Waals surface area contributed by atoms with Crippen LogP contribution in [0.2, 0.25) is 0 Å². The summed E-state index contributed by atoms with van der Waals surface area (Å²) in [5.41, 5.74) is 1.28. The van der Waals surface area contributed by atoms with E-state index in [1.54, 1.807) is 6.08 Å². The average Bonchev–Trinajstić information content (AvgIpc) is 2.66. The van der Waals surface area contributed by atoms with Crippen molar-refractivity contribution in [2.75, 3.05) is 6.61 Å². The number of nitrogens with one attached hydrogen (secondary N) is 1. The Bertz CT molecular complexity index is 661. The van der Waals surface area contributed by atoms with E-state index in [9.17, 15) is 9.59 Å². The highest BCUT2D eigenvalue weighted by molar-refractivity contribution is 5.97. The third-order valence-electron chi connectivity index (χ3n) is 4.76. The standard InChI is InChI=1S/C20H25NO4/c1-2-17(19(22)21-16-9-4-3-5-10-16)25-20(23)15-12-14-8-6-7-11-18(14)24-13-15/h6-8,11-12,16-17H,2-5,9-10,13H2,1H3,(H,21,22). The minimum Gasteiger partial charge on any atom is -0.488 e. The Morgan fingerprint density at radius 2 is 2.00 bits per heavy atom. The first kappa shape index (κ1) is 17.5. The van der Waals surface area contributed by atoms with Gasteiger partial charge in [0.25, 0.3) is 5.91 Å². The predicted octanol–water partition coefficient (Wildman–Crippen LogP) is 3.23. The number of ether oxygens (including phenoxy) is 2. The molecular weight excluding hydrogens is 318 g/mol. The summed E-state index contributed by atoms with van der Waals surface area (Å²) in [4.78, 5) is 24.8. The molecule has 1 N–H and O–H groups in total. The van der Waals surface area contributed by atoms with E-state index in [1.165, 1.54) is 6.42 Å². The molecule has 5 heteroatoms. The fraction of sp³-hybridized carbons (Fsp3) is 0.500. The van der Waals surface area contributed by atoms with Gasteiger partial charge in [-0.2, -0.15) is 0 Å². The fourth-order valence-electron chi connectivity index (χ4n) is 3.30. The summed E-state index contributed by atoms with van der Waals surface area (Å²) in [6, 6.07) is 7.73. The monoisotopic (exact) mass is 343 g/mol. The van der Waals surface area contributed by atoms with Crippen LogP contribution in [0.1, 0.15) is 51.0 Å². The highest BCUT2D eigenvalue weighted by Crippen LogP contribution is 2.26. The van der Waals surface area contributed by atoms with E-state index in [4.69, 9.17) is 9.47 Å². The molecule has 1 aromatic rings. The lowest BCUT2D eigenvalue weighted by atomic mass is 9.95. The van der Waals surface area contributed by atoms with Crippen LogP contribution in [0.5, 0.6) is 5.75 Å². The van der Waals surface area contributed by atoms with Crippen molar-refractivity contribution in [2.24, 2.45) is 0 Å². The van der Waals surface area contributed by atoms with Crippen molar-refractivity contribution in [1.29, 1.82) is 0 Å². The highest BCUT2D eigenvalue weighted by Gasteiger charge is 2.27. The van der Waals surface area contributed by atoms with Gasteiger partial charge < -0.3 is 14.8 Å². The van der Waals surface area contributed by atoms with E-state index >= 15 is 0 Å². The molecule has 1 aromatic carbocycles. The lowest BCUT2D eigenvalue weighted by Gasteiger charge is -2.25. The van der Waals surface area contributed by atoms with Crippen LogP contribution in [0, 0.1) is 0 Å². The summed E-state index contributed by atoms with van der Waals surface area (Å²) >= 11 is 0. The second-order valence-corrected chi connectivity index (χ2v) is 6.64. The molecule has 1 unspecified atom stereocenters. The van der Waals surface area contributed by atoms with Gasteiger partial charge in [0.15, 0.2) is 6.10 Å². The molecular formula is C20H25NO4. The maximum Gasteiger partial charge on any atom is 0.338 e. The van der Waals surface area contributed by atoms with Gasteiger partial charge in [0.05, 0.1) is 5.57 Å². The number of esters is 1. The molecule has 2 aliphatic rings. The minimum absolute atomic E-state index is 0.163. The van der Waals surface area contributed by atoms with Crippen LogP contribution in [-0.2, 0) is 14.3 Å². The van der Waals surface area contributed by atoms with E-state index in [-0.39, 0.29) is 18.6 Å². The van der Waals surface area contributed by atoms with Crippen LogP contribution in [0.15, 0.2) is 29.8 Å². The quantitative estimate of drug-likeness (QED) is 0.834. The first-order chi connectivity index (χ1) is 12.2. The molecule has 1 aliphatic carbocycles. The van der Waals surface area contributed by atoms with Crippen LogP contribution >= 0.6 is 0 Å². The molecule has 1 heterocycles. The second-order valence-electron chi connectivity index (χ2n) is 6.64. The van der Waals surface area contributed by atoms with Crippen molar-refractivity contribution in [3.8, 4) is 5.75 Å². The number of carbonyl (C=O) groups is 2. The summed E-state index contributed by atoms with van der Waals surface area (Å²) in [5, 5.41) is 3.03. The predicted molar refractivity (Wildman–Crippen MR) is 95.1 cm³/mol. The Labute approximate surface area is 148 Å². The molecule has 0 radical (unpaired) electrons. The van der Waals surface area contributed by atoms with E-state index in [0.717, 1.165) is 37.0 Å². The minimum atomic E-state index is -0.757. The molecule has 1 atom stereocenters. The number of amides is 1. The topological polar surface area (TPSA) is 64.6 Å². The first-order valence-electron chi connectivity index (χ1n) is 9.11. The Morgan fingerprint density at radius 1 is 1.24 bits per heavy atom. The zero-order valence-corrected chi connectivity index (χ0v) is 14.6. The largest absolute Gasteiger partial charge is 0.488 e. The van der Waals surface area contributed by atoms with Gasteiger partial charge in [0, 0.05) is 11.6 Å². The zero-order valence-electron chi connectivity index (χ0n) is 14.6. The maximum absolute atomic E-state index is 12.4. The van der Waals surface area contributed by atoms with Gasteiger partial charge in [-0.05, 0) is 31.4 Å². The fourth-order valence-corrected chi connectivity index (χ4v) is 3.30. The molecule has 0 aromatic heterocycles. The number of hydrogen-bond donors (Lipinski definition) is 1. The van der Waals surface area contributed by atoms with Gasteiger partial charge in [-0.1, -0.05) is 44.4 Å². The molecule has 0 saturated heterocycles. The zero-order chi connectivity index (χ0) is 17.6. The number of rotatable bonds is 5. The van der Waals surface area contributed by atoms with Crippen LogP contribution in [0.3, 0.4) is 0 Å². The van der Waals surface area contributed by atoms with Gasteiger partial charge in [0.2, 0.25) is 0 Å². The Balaban J connectivity index is 1.60. The van der Waals surface area contributed by atoms with Gasteiger partial charge in [-0.3, -0.25) is 4.79 Å². The summed E-state index contributed by atoms with van der Waals surface area (Å²) < 4.78 is 11.0. The Kier molecular flexibility index (Phi) is 5.74. The van der Waals surface area contributed by atoms with Gasteiger partial charge >= 0.3 is 5.97 Å². The van der Waals surface area contributed by atoms with Crippen molar-refractivity contribution in [1.82, 2.24) is 5.32 Å². The molecule has 1 amide bonds. The molecule has 3 rings (SSSR count). The smallest absolute Gasteiger partial charge is 0.338 e. The summed E-state index contributed by atoms with van der Waals surface area (Å²) in [5.74, 6) is 0.0711. The van der Waals surface area contributed by atoms with Gasteiger partial charge in [-0.15, -0.1) is 0 Å². The van der Waals surface area contributed by atoms with E-state index in [2.05, 4.69) is 5.32 Å². The Morgan fingerprint density at radius 3 is 2.76 bits per heavy atom. The van der Waals surface area contributed by atoms with Crippen LogP contribution in [0.4, 0.5) is 0 Å². The van der Waals surface area contributed by atoms with Crippen LogP contribution in [-0.4, -0.2) is 30.6 Å². The maximum atomic E-state index is 12.4. The lowest BCUT2D eigenvalue weighted by Crippen LogP contribution is -2.44. The normalized spacial score (nSPS) is 18.4. The molecule has 1 saturated carbocycles. The number of hydrogen-bond acceptors (Lipinski definition) is 4. The molecule has 5 nitrogen and oxygen atoms in total. The van der Waals surface area contributed by atoms with Crippen molar-refractivity contribution in [3.05, 3.63) is 35.4 Å². The summed E-state index contributed by atoms with van der Waals surface area (Å²) in [7, 11) is 0. The second kappa shape index (κ2) is 8.19. The van der Waals surface area contributed by atoms with Crippen molar-refractivity contribution < 1.29 is 19.1 Å². The number of para-hydroxylation sites is 1. The highest BCUT2D eigenvalue weighted by atomic mass is 16.6. The third kappa shape index (κ3) is 4.41. The SMILES string of the molecule is CCC(OC(=O)C1=Cc2ccccc2OC1)C(=O)NC1CCCCC1. The molecule has 1 fully saturated rings. The van der Waals surface area contributed by atoms with Crippen molar-refractivity contribution in [2.45, 2.75) is 57.6 Å². The molecule has 134 valence electrons. The number of carbonyl (C=O) groups excluding carboxylic acids is 2. The van der Waals surface area contributed by atoms with Crippen LogP contribution in [0.25, 0.3) is 6.08 Å². The third-order valence-corrected chi connectivity index (χ3v) is 4.76. The first-order valence-corrected chi connectivity index (χ1v) is 9.11. The molecule has 25 heavy (non-hydrogen) atoms. The van der Waals surface area contributed by atoms with Crippen molar-refractivity contribution in [3.63, 3.8) is 0 Å². The summed E-state index contributed by atoms with van der Waals surface area (Å²) in [6.45, 7) is 2.01. The van der Waals surface area contributed by atoms with Crippen molar-refractivity contribution >= 4 is 18.0 Å². The number of fused-ring (bicyclic) bond motifs is 1. The van der Waals surface area contributed by atoms with E-state index in [1.807, 2.05) is 31.2 Å². The summed E-state index contributed by atoms with van der Waals surface area (Å²) in [6.07, 6.45) is 7.00. The average molecular weight is 343 g/mol. The number of benzene rings is 1. The van der Waals surface area contributed by atoms with E-state index in [0.29, 0.717) is 12.0 Å². The van der Waals surface area contributed by atoms with E-state index < -0.39 is 12.1 Å². The molecule has 0 spiro atoms. The lowest BCUT2D eigenvalue weighted by molar-refractivity contribution is -0.153.